The fourth-order valence-electron chi connectivity index (χ4n) is 6.18. The number of likely N-dealkylation sites (tertiary alicyclic amines) is 2. The van der Waals surface area contributed by atoms with Crippen molar-refractivity contribution < 1.29 is 14.0 Å². The van der Waals surface area contributed by atoms with Crippen LogP contribution in [0.15, 0.2) is 36.5 Å². The smallest absolute Gasteiger partial charge is 0.255 e. The maximum atomic E-state index is 13.8. The normalized spacial score (nSPS) is 20.6. The molecule has 2 amide bonds. The number of carbonyl (C=O) groups is 2. The van der Waals surface area contributed by atoms with E-state index >= 15 is 0 Å². The van der Waals surface area contributed by atoms with Crippen LogP contribution >= 0.6 is 0 Å². The Labute approximate surface area is 219 Å². The molecular formula is C30H39FN4O2. The number of piperidine rings is 2. The second-order valence-corrected chi connectivity index (χ2v) is 11.5. The van der Waals surface area contributed by atoms with Gasteiger partial charge in [0.25, 0.3) is 5.91 Å². The summed E-state index contributed by atoms with van der Waals surface area (Å²) in [6.45, 7) is 10.1. The third kappa shape index (κ3) is 5.57. The van der Waals surface area contributed by atoms with Crippen LogP contribution in [0, 0.1) is 25.6 Å². The van der Waals surface area contributed by atoms with Crippen molar-refractivity contribution in [2.45, 2.75) is 77.4 Å². The first-order chi connectivity index (χ1) is 17.7. The highest BCUT2D eigenvalue weighted by Gasteiger charge is 2.42. The molecule has 37 heavy (non-hydrogen) atoms. The van der Waals surface area contributed by atoms with Gasteiger partial charge >= 0.3 is 0 Å². The molecule has 0 atom stereocenters. The summed E-state index contributed by atoms with van der Waals surface area (Å²) in [5.41, 5.74) is 3.43. The molecule has 3 aliphatic rings. The van der Waals surface area contributed by atoms with Crippen LogP contribution in [0.3, 0.4) is 0 Å². The number of benzene rings is 1. The van der Waals surface area contributed by atoms with E-state index < -0.39 is 0 Å². The van der Waals surface area contributed by atoms with Crippen LogP contribution in [-0.2, 0) is 11.3 Å². The van der Waals surface area contributed by atoms with Crippen molar-refractivity contribution in [2.75, 3.05) is 26.2 Å². The van der Waals surface area contributed by atoms with Gasteiger partial charge in [-0.3, -0.25) is 19.5 Å². The first kappa shape index (κ1) is 25.8. The Bertz CT molecular complexity index is 1130. The number of rotatable bonds is 6. The second-order valence-electron chi connectivity index (χ2n) is 11.5. The summed E-state index contributed by atoms with van der Waals surface area (Å²) in [6, 6.07) is 8.73. The van der Waals surface area contributed by atoms with Crippen molar-refractivity contribution in [1.82, 2.24) is 19.7 Å². The largest absolute Gasteiger partial charge is 0.338 e. The Balaban J connectivity index is 1.20. The van der Waals surface area contributed by atoms with Gasteiger partial charge in [0.1, 0.15) is 5.82 Å². The molecule has 2 aromatic rings. The number of halogens is 1. The first-order valence-corrected chi connectivity index (χ1v) is 13.8. The Morgan fingerprint density at radius 1 is 1.05 bits per heavy atom. The predicted molar refractivity (Wildman–Crippen MR) is 142 cm³/mol. The predicted octanol–water partition coefficient (Wildman–Crippen LogP) is 4.74. The zero-order chi connectivity index (χ0) is 26.2. The average Bonchev–Trinajstić information content (AvgIpc) is 3.73. The lowest BCUT2D eigenvalue weighted by Gasteiger charge is -2.50. The fourth-order valence-corrected chi connectivity index (χ4v) is 6.18. The van der Waals surface area contributed by atoms with Crippen molar-refractivity contribution in [3.8, 4) is 0 Å². The molecule has 0 bridgehead atoms. The van der Waals surface area contributed by atoms with Crippen LogP contribution in [0.25, 0.3) is 0 Å². The van der Waals surface area contributed by atoms with Crippen LogP contribution in [-0.4, -0.2) is 69.3 Å². The van der Waals surface area contributed by atoms with E-state index in [-0.39, 0.29) is 35.1 Å². The molecule has 2 saturated heterocycles. The maximum Gasteiger partial charge on any atom is 0.255 e. The Kier molecular flexibility index (Phi) is 7.35. The lowest BCUT2D eigenvalue weighted by atomic mass is 9.85. The highest BCUT2D eigenvalue weighted by atomic mass is 19.1. The molecule has 1 aromatic carbocycles. The van der Waals surface area contributed by atoms with Crippen molar-refractivity contribution in [3.63, 3.8) is 0 Å². The topological polar surface area (TPSA) is 56.8 Å². The van der Waals surface area contributed by atoms with Crippen LogP contribution in [0.2, 0.25) is 0 Å². The fraction of sp³-hybridized carbons (Fsp3) is 0.567. The molecule has 1 saturated carbocycles. The summed E-state index contributed by atoms with van der Waals surface area (Å²) in [6.07, 6.45) is 7.45. The minimum Gasteiger partial charge on any atom is -0.338 e. The molecule has 6 nitrogen and oxygen atoms in total. The van der Waals surface area contributed by atoms with Gasteiger partial charge in [-0.1, -0.05) is 12.1 Å². The molecule has 2 aliphatic heterocycles. The van der Waals surface area contributed by atoms with Crippen LogP contribution < -0.4 is 0 Å². The highest BCUT2D eigenvalue weighted by Crippen LogP contribution is 2.36. The molecule has 5 rings (SSSR count). The monoisotopic (exact) mass is 506 g/mol. The molecule has 0 radical (unpaired) electrons. The van der Waals surface area contributed by atoms with Gasteiger partial charge in [0.2, 0.25) is 5.91 Å². The van der Waals surface area contributed by atoms with E-state index in [1.54, 1.807) is 18.3 Å². The molecule has 1 aromatic heterocycles. The summed E-state index contributed by atoms with van der Waals surface area (Å²) >= 11 is 0. The summed E-state index contributed by atoms with van der Waals surface area (Å²) in [4.78, 5) is 37.4. The summed E-state index contributed by atoms with van der Waals surface area (Å²) in [7, 11) is 0. The third-order valence-electron chi connectivity index (χ3n) is 8.81. The molecule has 0 spiro atoms. The first-order valence-electron chi connectivity index (χ1n) is 13.8. The minimum atomic E-state index is -0.252. The lowest BCUT2D eigenvalue weighted by Crippen LogP contribution is -2.58. The van der Waals surface area contributed by atoms with Crippen molar-refractivity contribution in [1.29, 1.82) is 0 Å². The van der Waals surface area contributed by atoms with E-state index in [2.05, 4.69) is 16.8 Å². The minimum absolute atomic E-state index is 0.0503. The van der Waals surface area contributed by atoms with Gasteiger partial charge in [0.15, 0.2) is 0 Å². The molecule has 0 N–H and O–H groups in total. The summed E-state index contributed by atoms with van der Waals surface area (Å²) in [5.74, 6) is 0.230. The van der Waals surface area contributed by atoms with E-state index in [9.17, 15) is 14.0 Å². The molecule has 3 fully saturated rings. The van der Waals surface area contributed by atoms with Gasteiger partial charge in [-0.05, 0) is 88.6 Å². The number of amides is 2. The van der Waals surface area contributed by atoms with Gasteiger partial charge in [0.05, 0.1) is 11.3 Å². The molecule has 7 heteroatoms. The molecular weight excluding hydrogens is 467 g/mol. The van der Waals surface area contributed by atoms with E-state index in [0.717, 1.165) is 87.1 Å². The summed E-state index contributed by atoms with van der Waals surface area (Å²) < 4.78 is 13.8. The Morgan fingerprint density at radius 2 is 1.76 bits per heavy atom. The van der Waals surface area contributed by atoms with Crippen LogP contribution in [0.4, 0.5) is 4.39 Å². The van der Waals surface area contributed by atoms with E-state index in [0.29, 0.717) is 6.54 Å². The second kappa shape index (κ2) is 10.5. The number of aryl methyl sites for hydroxylation is 2. The quantitative estimate of drug-likeness (QED) is 0.568. The summed E-state index contributed by atoms with van der Waals surface area (Å²) in [5, 5.41) is 0. The molecule has 198 valence electrons. The van der Waals surface area contributed by atoms with Gasteiger partial charge in [-0.25, -0.2) is 4.39 Å². The van der Waals surface area contributed by atoms with Crippen LogP contribution in [0.1, 0.15) is 72.6 Å². The number of carbonyl (C=O) groups excluding carboxylic acids is 2. The van der Waals surface area contributed by atoms with Gasteiger partial charge in [-0.15, -0.1) is 0 Å². The average molecular weight is 507 g/mol. The van der Waals surface area contributed by atoms with E-state index in [1.807, 2.05) is 35.8 Å². The van der Waals surface area contributed by atoms with Gasteiger partial charge < -0.3 is 9.80 Å². The molecule has 0 unspecified atom stereocenters. The van der Waals surface area contributed by atoms with Crippen molar-refractivity contribution in [3.05, 3.63) is 64.7 Å². The SMILES string of the molecule is Cc1ccnc(C)c1C(=O)N1CCC(C)(N2CCC(N(Cc3cccc(F)c3)C(=O)C3CC3)CC2)CC1. The molecule has 3 heterocycles. The van der Waals surface area contributed by atoms with E-state index in [4.69, 9.17) is 0 Å². The number of hydrogen-bond acceptors (Lipinski definition) is 4. The number of nitrogens with zero attached hydrogens (tertiary/aromatic N) is 4. The highest BCUT2D eigenvalue weighted by molar-refractivity contribution is 5.96. The van der Waals surface area contributed by atoms with E-state index in [1.165, 1.54) is 6.07 Å². The number of aromatic nitrogens is 1. The van der Waals surface area contributed by atoms with Gasteiger partial charge in [-0.2, -0.15) is 0 Å². The maximum absolute atomic E-state index is 13.8. The lowest BCUT2D eigenvalue weighted by molar-refractivity contribution is -0.137. The van der Waals surface area contributed by atoms with Crippen molar-refractivity contribution >= 4 is 11.8 Å². The van der Waals surface area contributed by atoms with Gasteiger partial charge in [0, 0.05) is 56.4 Å². The standard InChI is InChI=1S/C30H39FN4O2/c1-21-9-14-32-22(2)27(21)29(37)33-17-12-30(3,13-18-33)34-15-10-26(11-16-34)35(28(36)24-7-8-24)20-23-5-4-6-25(31)19-23/h4-6,9,14,19,24,26H,7-8,10-13,15-18,20H2,1-3H3. The van der Waals surface area contributed by atoms with Crippen molar-refractivity contribution in [2.24, 2.45) is 5.92 Å². The number of pyridine rings is 1. The third-order valence-corrected chi connectivity index (χ3v) is 8.81. The molecule has 1 aliphatic carbocycles. The zero-order valence-electron chi connectivity index (χ0n) is 22.4. The Morgan fingerprint density at radius 3 is 2.38 bits per heavy atom. The van der Waals surface area contributed by atoms with Crippen LogP contribution in [0.5, 0.6) is 0 Å². The zero-order valence-corrected chi connectivity index (χ0v) is 22.4. The number of hydrogen-bond donors (Lipinski definition) is 0. The Hall–Kier alpha value is -2.80.